The zero-order chi connectivity index (χ0) is 36.4. The van der Waals surface area contributed by atoms with Crippen LogP contribution in [0.15, 0.2) is 109 Å². The van der Waals surface area contributed by atoms with Crippen molar-refractivity contribution in [2.75, 3.05) is 0 Å². The fourth-order valence-corrected chi connectivity index (χ4v) is 7.10. The Morgan fingerprint density at radius 3 is 1.82 bits per heavy atom. The number of aryl methyl sites for hydroxylation is 1. The molecule has 5 aromatic rings. The molecule has 1 aromatic heterocycles. The molecule has 0 saturated carbocycles. The molecule has 1 atom stereocenters. The maximum Gasteiger partial charge on any atom is 0.213 e. The second kappa shape index (κ2) is 14.7. The SMILES string of the molecule is Cc1ccc(-c2cccc(-c3ccc(C(C)(C)C)cc3-c3ccc(C(C)(C)C)cc3)c2)cc1-c1cccc[n+]1C(C)(C)CCCC(C)C(C)C. The van der Waals surface area contributed by atoms with Gasteiger partial charge in [-0.15, -0.1) is 0 Å². The van der Waals surface area contributed by atoms with Crippen LogP contribution in [0.2, 0.25) is 0 Å². The summed E-state index contributed by atoms with van der Waals surface area (Å²) in [5.41, 5.74) is 14.3. The van der Waals surface area contributed by atoms with Crippen molar-refractivity contribution in [3.8, 4) is 44.6 Å². The van der Waals surface area contributed by atoms with Gasteiger partial charge in [-0.25, -0.2) is 0 Å². The largest absolute Gasteiger partial charge is 0.213 e. The van der Waals surface area contributed by atoms with Gasteiger partial charge in [-0.3, -0.25) is 0 Å². The molecule has 4 aromatic carbocycles. The Kier molecular flexibility index (Phi) is 11.0. The van der Waals surface area contributed by atoms with E-state index in [2.05, 4.69) is 197 Å². The van der Waals surface area contributed by atoms with E-state index in [0.717, 1.165) is 18.3 Å². The van der Waals surface area contributed by atoms with Gasteiger partial charge in [0.05, 0.1) is 0 Å². The topological polar surface area (TPSA) is 3.88 Å². The number of aromatic nitrogens is 1. The molecule has 0 saturated heterocycles. The highest BCUT2D eigenvalue weighted by molar-refractivity contribution is 5.86. The standard InChI is InChI=1S/C49H62N/c1-34(2)35(3)17-16-29-49(11,12)50-30-14-13-20-46(50)44-32-39(22-21-36(44)4)38-18-15-19-40(31-38)43-28-27-42(48(8,9)10)33-45(43)37-23-25-41(26-24-37)47(5,6)7/h13-15,18-28,30-35H,16-17,29H2,1-12H3/q+1. The van der Waals surface area contributed by atoms with Crippen LogP contribution in [-0.2, 0) is 16.4 Å². The fourth-order valence-electron chi connectivity index (χ4n) is 7.10. The van der Waals surface area contributed by atoms with Crippen molar-refractivity contribution >= 4 is 0 Å². The smallest absolute Gasteiger partial charge is 0.194 e. The van der Waals surface area contributed by atoms with Crippen LogP contribution in [0.3, 0.4) is 0 Å². The van der Waals surface area contributed by atoms with E-state index in [4.69, 9.17) is 0 Å². The lowest BCUT2D eigenvalue weighted by Crippen LogP contribution is -2.53. The van der Waals surface area contributed by atoms with Crippen LogP contribution >= 0.6 is 0 Å². The first-order valence-electron chi connectivity index (χ1n) is 18.9. The van der Waals surface area contributed by atoms with E-state index in [9.17, 15) is 0 Å². The summed E-state index contributed by atoms with van der Waals surface area (Å²) in [4.78, 5) is 0. The van der Waals surface area contributed by atoms with Gasteiger partial charge in [0.15, 0.2) is 11.7 Å². The first kappa shape index (κ1) is 37.3. The molecule has 0 fully saturated rings. The molecule has 0 aliphatic carbocycles. The van der Waals surface area contributed by atoms with E-state index in [1.807, 2.05) is 0 Å². The van der Waals surface area contributed by atoms with Crippen molar-refractivity contribution in [3.63, 3.8) is 0 Å². The van der Waals surface area contributed by atoms with E-state index in [1.165, 1.54) is 74.2 Å². The number of hydrogen-bond acceptors (Lipinski definition) is 0. The van der Waals surface area contributed by atoms with Crippen molar-refractivity contribution in [2.24, 2.45) is 11.8 Å². The molecule has 0 aliphatic heterocycles. The number of benzene rings is 4. The van der Waals surface area contributed by atoms with Crippen molar-refractivity contribution in [2.45, 2.75) is 119 Å². The summed E-state index contributed by atoms with van der Waals surface area (Å²) in [6, 6.07) is 39.1. The van der Waals surface area contributed by atoms with Gasteiger partial charge in [-0.2, -0.15) is 4.57 Å². The minimum absolute atomic E-state index is 0.0103. The molecule has 1 heteroatoms. The Morgan fingerprint density at radius 1 is 0.540 bits per heavy atom. The van der Waals surface area contributed by atoms with Crippen molar-refractivity contribution < 1.29 is 4.57 Å². The average molecular weight is 665 g/mol. The van der Waals surface area contributed by atoms with E-state index in [-0.39, 0.29) is 16.4 Å². The zero-order valence-electron chi connectivity index (χ0n) is 33.1. The summed E-state index contributed by atoms with van der Waals surface area (Å²) in [6.07, 6.45) is 5.95. The molecular formula is C49H62N+. The molecule has 50 heavy (non-hydrogen) atoms. The average Bonchev–Trinajstić information content (AvgIpc) is 3.07. The van der Waals surface area contributed by atoms with Crippen LogP contribution in [-0.4, -0.2) is 0 Å². The second-order valence-corrected chi connectivity index (χ2v) is 17.8. The molecule has 0 N–H and O–H groups in total. The number of rotatable bonds is 10. The molecule has 262 valence electrons. The maximum atomic E-state index is 2.52. The van der Waals surface area contributed by atoms with Crippen LogP contribution in [0.5, 0.6) is 0 Å². The molecule has 0 bridgehead atoms. The van der Waals surface area contributed by atoms with E-state index in [0.29, 0.717) is 0 Å². The molecule has 0 amide bonds. The predicted octanol–water partition coefficient (Wildman–Crippen LogP) is 13.7. The van der Waals surface area contributed by atoms with Gasteiger partial charge in [0.25, 0.3) is 0 Å². The third kappa shape index (κ3) is 8.48. The first-order chi connectivity index (χ1) is 23.5. The Bertz CT molecular complexity index is 1910. The number of hydrogen-bond donors (Lipinski definition) is 0. The fraction of sp³-hybridized carbons (Fsp3) is 0.408. The molecular weight excluding hydrogens is 603 g/mol. The van der Waals surface area contributed by atoms with Gasteiger partial charge < -0.3 is 0 Å². The summed E-state index contributed by atoms with van der Waals surface area (Å²) in [6.45, 7) is 27.9. The van der Waals surface area contributed by atoms with Crippen molar-refractivity contribution in [1.82, 2.24) is 0 Å². The molecule has 1 nitrogen and oxygen atoms in total. The van der Waals surface area contributed by atoms with Gasteiger partial charge in [0.2, 0.25) is 5.69 Å². The lowest BCUT2D eigenvalue weighted by atomic mass is 9.82. The van der Waals surface area contributed by atoms with Crippen molar-refractivity contribution in [3.05, 3.63) is 126 Å². The Hall–Kier alpha value is -3.97. The van der Waals surface area contributed by atoms with E-state index in [1.54, 1.807) is 0 Å². The van der Waals surface area contributed by atoms with Gasteiger partial charge in [-0.1, -0.05) is 142 Å². The van der Waals surface area contributed by atoms with E-state index < -0.39 is 0 Å². The summed E-state index contributed by atoms with van der Waals surface area (Å²) in [5.74, 6) is 1.48. The Balaban J connectivity index is 1.54. The highest BCUT2D eigenvalue weighted by Gasteiger charge is 2.32. The number of pyridine rings is 1. The monoisotopic (exact) mass is 664 g/mol. The van der Waals surface area contributed by atoms with Crippen molar-refractivity contribution in [1.29, 1.82) is 0 Å². The molecule has 1 unspecified atom stereocenters. The molecule has 0 radical (unpaired) electrons. The molecule has 5 rings (SSSR count). The van der Waals surface area contributed by atoms with Crippen LogP contribution < -0.4 is 4.57 Å². The minimum atomic E-state index is 0.0103. The molecule has 0 spiro atoms. The summed E-state index contributed by atoms with van der Waals surface area (Å²) in [5, 5.41) is 0. The van der Waals surface area contributed by atoms with Gasteiger partial charge in [0.1, 0.15) is 0 Å². The quantitative estimate of drug-likeness (QED) is 0.131. The summed E-state index contributed by atoms with van der Waals surface area (Å²) < 4.78 is 2.52. The maximum absolute atomic E-state index is 2.52. The lowest BCUT2D eigenvalue weighted by molar-refractivity contribution is -0.749. The Morgan fingerprint density at radius 2 is 1.16 bits per heavy atom. The second-order valence-electron chi connectivity index (χ2n) is 17.8. The summed E-state index contributed by atoms with van der Waals surface area (Å²) >= 11 is 0. The van der Waals surface area contributed by atoms with Crippen LogP contribution in [0, 0.1) is 18.8 Å². The summed E-state index contributed by atoms with van der Waals surface area (Å²) in [7, 11) is 0. The van der Waals surface area contributed by atoms with Gasteiger partial charge in [-0.05, 0) is 104 Å². The molecule has 0 aliphatic rings. The first-order valence-corrected chi connectivity index (χ1v) is 18.9. The zero-order valence-corrected chi connectivity index (χ0v) is 33.1. The third-order valence-electron chi connectivity index (χ3n) is 11.1. The lowest BCUT2D eigenvalue weighted by Gasteiger charge is -2.24. The molecule has 1 heterocycles. The minimum Gasteiger partial charge on any atom is -0.194 e. The highest BCUT2D eigenvalue weighted by atomic mass is 15.0. The normalized spacial score (nSPS) is 13.1. The van der Waals surface area contributed by atoms with Crippen LogP contribution in [0.4, 0.5) is 0 Å². The third-order valence-corrected chi connectivity index (χ3v) is 11.1. The Labute approximate surface area is 304 Å². The van der Waals surface area contributed by atoms with Crippen LogP contribution in [0.1, 0.15) is 112 Å². The van der Waals surface area contributed by atoms with E-state index >= 15 is 0 Å². The predicted molar refractivity (Wildman–Crippen MR) is 218 cm³/mol. The van der Waals surface area contributed by atoms with Gasteiger partial charge in [0, 0.05) is 38.0 Å². The highest BCUT2D eigenvalue weighted by Crippen LogP contribution is 2.39. The number of nitrogens with zero attached hydrogens (tertiary/aromatic N) is 1. The van der Waals surface area contributed by atoms with Gasteiger partial charge >= 0.3 is 0 Å². The van der Waals surface area contributed by atoms with Crippen LogP contribution in [0.25, 0.3) is 44.6 Å².